The Morgan fingerprint density at radius 3 is 2.21 bits per heavy atom. The van der Waals surface area contributed by atoms with Crippen molar-refractivity contribution in [3.63, 3.8) is 0 Å². The van der Waals surface area contributed by atoms with Crippen LogP contribution in [0.4, 0.5) is 14.5 Å². The van der Waals surface area contributed by atoms with E-state index in [-0.39, 0.29) is 24.1 Å². The van der Waals surface area contributed by atoms with Crippen LogP contribution in [0, 0.1) is 0 Å². The lowest BCUT2D eigenvalue weighted by Crippen LogP contribution is -3.00. The first-order valence-corrected chi connectivity index (χ1v) is 11.7. The van der Waals surface area contributed by atoms with Gasteiger partial charge in [0.05, 0.1) is 10.6 Å². The maximum Gasteiger partial charge on any atom is 0.387 e. The summed E-state index contributed by atoms with van der Waals surface area (Å²) in [5.74, 6) is -0.0389. The van der Waals surface area contributed by atoms with Crippen molar-refractivity contribution in [2.24, 2.45) is 4.99 Å². The van der Waals surface area contributed by atoms with E-state index < -0.39 is 6.61 Å². The lowest BCUT2D eigenvalue weighted by Gasteiger charge is -2.31. The van der Waals surface area contributed by atoms with Crippen molar-refractivity contribution >= 4 is 34.6 Å². The van der Waals surface area contributed by atoms with Crippen LogP contribution in [-0.2, 0) is 4.79 Å². The normalized spacial score (nSPS) is 16.4. The smallest absolute Gasteiger partial charge is 0.387 e. The summed E-state index contributed by atoms with van der Waals surface area (Å²) < 4.78 is 29.2. The zero-order valence-corrected chi connectivity index (χ0v) is 21.2. The third-order valence-corrected chi connectivity index (χ3v) is 6.19. The van der Waals surface area contributed by atoms with E-state index in [1.165, 1.54) is 23.9 Å². The molecule has 1 amide bonds. The molecular formula is C25H29ClF2N3O2S-. The molecule has 0 N–H and O–H groups in total. The summed E-state index contributed by atoms with van der Waals surface area (Å²) in [5, 5.41) is 0.627. The minimum absolute atomic E-state index is 0. The quantitative estimate of drug-likeness (QED) is 0.488. The number of amidine groups is 1. The van der Waals surface area contributed by atoms with Crippen LogP contribution in [0.3, 0.4) is 0 Å². The summed E-state index contributed by atoms with van der Waals surface area (Å²) in [7, 11) is 0. The summed E-state index contributed by atoms with van der Waals surface area (Å²) in [6.07, 6.45) is 1.75. The summed E-state index contributed by atoms with van der Waals surface area (Å²) in [4.78, 5) is 22.6. The van der Waals surface area contributed by atoms with Gasteiger partial charge in [-0.1, -0.05) is 30.3 Å². The second-order valence-corrected chi connectivity index (χ2v) is 9.18. The second-order valence-electron chi connectivity index (χ2n) is 8.17. The number of ether oxygens (including phenoxy) is 1. The molecule has 0 spiro atoms. The zero-order valence-electron chi connectivity index (χ0n) is 19.6. The summed E-state index contributed by atoms with van der Waals surface area (Å²) in [6, 6.07) is 16.5. The first-order valence-electron chi connectivity index (χ1n) is 10.9. The number of benzene rings is 2. The van der Waals surface area contributed by atoms with Crippen molar-refractivity contribution in [1.82, 2.24) is 9.80 Å². The Bertz CT molecular complexity index is 991. The first-order chi connectivity index (χ1) is 15.7. The Hall–Kier alpha value is -2.42. The Labute approximate surface area is 210 Å². The van der Waals surface area contributed by atoms with Crippen LogP contribution in [0.2, 0.25) is 0 Å². The third-order valence-electron chi connectivity index (χ3n) is 5.18. The zero-order chi connectivity index (χ0) is 24.0. The maximum atomic E-state index is 13.3. The number of carbonyl (C=O) groups excluding carboxylic acids is 1. The molecule has 1 aliphatic heterocycles. The molecule has 0 saturated carbocycles. The Balaban J connectivity index is 0.00000408. The van der Waals surface area contributed by atoms with Crippen molar-refractivity contribution in [3.8, 4) is 5.75 Å². The van der Waals surface area contributed by atoms with E-state index in [4.69, 9.17) is 4.99 Å². The average molecular weight is 509 g/mol. The average Bonchev–Trinajstić information content (AvgIpc) is 3.04. The molecular weight excluding hydrogens is 480 g/mol. The van der Waals surface area contributed by atoms with Crippen LogP contribution in [0.25, 0.3) is 6.08 Å². The first kappa shape index (κ1) is 27.8. The summed E-state index contributed by atoms with van der Waals surface area (Å²) in [5.41, 5.74) is 1.50. The fourth-order valence-electron chi connectivity index (χ4n) is 3.63. The van der Waals surface area contributed by atoms with Gasteiger partial charge in [0.25, 0.3) is 5.91 Å². The molecule has 0 bridgehead atoms. The van der Waals surface area contributed by atoms with Gasteiger partial charge in [-0.3, -0.25) is 14.6 Å². The Morgan fingerprint density at radius 1 is 1.03 bits per heavy atom. The largest absolute Gasteiger partial charge is 1.00 e. The molecule has 2 aromatic carbocycles. The van der Waals surface area contributed by atoms with Crippen molar-refractivity contribution in [3.05, 3.63) is 65.1 Å². The number of alkyl halides is 2. The van der Waals surface area contributed by atoms with E-state index in [9.17, 15) is 13.6 Å². The number of amides is 1. The van der Waals surface area contributed by atoms with Crippen LogP contribution < -0.4 is 17.1 Å². The van der Waals surface area contributed by atoms with Gasteiger partial charge in [-0.15, -0.1) is 0 Å². The van der Waals surface area contributed by atoms with Crippen LogP contribution in [0.15, 0.2) is 64.5 Å². The minimum atomic E-state index is -2.87. The van der Waals surface area contributed by atoms with Crippen LogP contribution in [0.1, 0.15) is 33.3 Å². The minimum Gasteiger partial charge on any atom is -1.00 e. The molecule has 0 aromatic heterocycles. The van der Waals surface area contributed by atoms with Crippen molar-refractivity contribution in [2.75, 3.05) is 13.1 Å². The molecule has 34 heavy (non-hydrogen) atoms. The van der Waals surface area contributed by atoms with E-state index in [1.807, 2.05) is 30.3 Å². The van der Waals surface area contributed by atoms with Crippen LogP contribution >= 0.6 is 11.8 Å². The van der Waals surface area contributed by atoms with E-state index in [2.05, 4.69) is 37.3 Å². The lowest BCUT2D eigenvalue weighted by atomic mass is 10.2. The molecule has 184 valence electrons. The van der Waals surface area contributed by atoms with E-state index in [0.717, 1.165) is 17.8 Å². The highest BCUT2D eigenvalue weighted by atomic mass is 35.5. The predicted molar refractivity (Wildman–Crippen MR) is 131 cm³/mol. The second kappa shape index (κ2) is 12.9. The van der Waals surface area contributed by atoms with Gasteiger partial charge < -0.3 is 17.1 Å². The lowest BCUT2D eigenvalue weighted by molar-refractivity contribution is -0.122. The molecule has 5 nitrogen and oxygen atoms in total. The van der Waals surface area contributed by atoms with Crippen molar-refractivity contribution in [1.29, 1.82) is 0 Å². The monoisotopic (exact) mass is 508 g/mol. The number of aliphatic imine (C=N–C) groups is 1. The Kier molecular flexibility index (Phi) is 10.5. The molecule has 1 aliphatic rings. The van der Waals surface area contributed by atoms with Gasteiger partial charge >= 0.3 is 6.61 Å². The van der Waals surface area contributed by atoms with E-state index in [1.54, 1.807) is 23.1 Å². The predicted octanol–water partition coefficient (Wildman–Crippen LogP) is 3.01. The van der Waals surface area contributed by atoms with Crippen LogP contribution in [-0.4, -0.2) is 52.7 Å². The number of hydrogen-bond donors (Lipinski definition) is 0. The molecule has 2 aromatic rings. The van der Waals surface area contributed by atoms with Gasteiger partial charge in [0.15, 0.2) is 5.17 Å². The highest BCUT2D eigenvalue weighted by Crippen LogP contribution is 2.34. The highest BCUT2D eigenvalue weighted by molar-refractivity contribution is 8.18. The number of nitrogens with zero attached hydrogens (tertiary/aromatic N) is 3. The molecule has 1 fully saturated rings. The third kappa shape index (κ3) is 7.55. The number of halogens is 3. The van der Waals surface area contributed by atoms with E-state index >= 15 is 0 Å². The van der Waals surface area contributed by atoms with Crippen molar-refractivity contribution in [2.45, 2.75) is 46.4 Å². The summed E-state index contributed by atoms with van der Waals surface area (Å²) >= 11 is 1.32. The molecule has 1 heterocycles. The fraction of sp³-hybridized carbons (Fsp3) is 0.360. The molecule has 0 aliphatic carbocycles. The number of thioether (sulfide) groups is 1. The van der Waals surface area contributed by atoms with Gasteiger partial charge in [-0.25, -0.2) is 4.99 Å². The van der Waals surface area contributed by atoms with Gasteiger partial charge in [-0.05, 0) is 75.4 Å². The molecule has 1 saturated heterocycles. The number of carbonyl (C=O) groups is 1. The van der Waals surface area contributed by atoms with Gasteiger partial charge in [0.1, 0.15) is 5.75 Å². The van der Waals surface area contributed by atoms with Gasteiger partial charge in [0, 0.05) is 25.2 Å². The van der Waals surface area contributed by atoms with Gasteiger partial charge in [-0.2, -0.15) is 8.78 Å². The molecule has 0 radical (unpaired) electrons. The standard InChI is InChI=1S/C25H29F2N3O2S.ClH/c1-17(2)29(18(3)4)14-15-30-23(31)22(33-25(30)28-20-8-6-5-7-9-20)16-19-10-12-21(13-11-19)32-24(26)27;/h5-13,16-18,24H,14-15H2,1-4H3;1H/p-1/b22-16+,28-25?;. The maximum absolute atomic E-state index is 13.3. The number of para-hydroxylation sites is 1. The topological polar surface area (TPSA) is 45.1 Å². The molecule has 0 unspecified atom stereocenters. The van der Waals surface area contributed by atoms with Crippen molar-refractivity contribution < 1.29 is 30.7 Å². The van der Waals surface area contributed by atoms with Crippen LogP contribution in [0.5, 0.6) is 5.75 Å². The Morgan fingerprint density at radius 2 is 1.65 bits per heavy atom. The molecule has 9 heteroatoms. The van der Waals surface area contributed by atoms with E-state index in [0.29, 0.717) is 28.7 Å². The molecule has 0 atom stereocenters. The number of hydrogen-bond acceptors (Lipinski definition) is 5. The summed E-state index contributed by atoms with van der Waals surface area (Å²) in [6.45, 7) is 6.95. The number of rotatable bonds is 9. The van der Waals surface area contributed by atoms with Gasteiger partial charge in [0.2, 0.25) is 0 Å². The SMILES string of the molecule is CC(C)N(CCN1C(=O)/C(=C\c2ccc(OC(F)F)cc2)SC1=Nc1ccccc1)C(C)C.[Cl-]. The highest BCUT2D eigenvalue weighted by Gasteiger charge is 2.34. The fourth-order valence-corrected chi connectivity index (χ4v) is 4.65. The molecule has 3 rings (SSSR count).